The first kappa shape index (κ1) is 30.9. The third-order valence-electron chi connectivity index (χ3n) is 8.64. The van der Waals surface area contributed by atoms with Crippen molar-refractivity contribution >= 4 is 8.24 Å². The molecular formula is C26H52N2SiTi. The molecule has 0 amide bonds. The average Bonchev–Trinajstić information content (AvgIpc) is 2.99. The molecule has 2 nitrogen and oxygen atoms in total. The Hall–Kier alpha value is 0.851. The zero-order valence-corrected chi connectivity index (χ0v) is 24.5. The van der Waals surface area contributed by atoms with Crippen LogP contribution in [0.1, 0.15) is 72.6 Å². The molecule has 0 bridgehead atoms. The van der Waals surface area contributed by atoms with Crippen LogP contribution in [0.15, 0.2) is 0 Å². The Morgan fingerprint density at radius 3 is 2.00 bits per heavy atom. The van der Waals surface area contributed by atoms with Gasteiger partial charge in [0.1, 0.15) is 0 Å². The van der Waals surface area contributed by atoms with Crippen molar-refractivity contribution < 1.29 is 21.7 Å². The third kappa shape index (κ3) is 5.32. The molecule has 0 radical (unpaired) electrons. The molecule has 0 aromatic heterocycles. The Balaban J connectivity index is 0.00000210. The summed E-state index contributed by atoms with van der Waals surface area (Å²) < 4.78 is 0. The van der Waals surface area contributed by atoms with Gasteiger partial charge in [-0.15, -0.1) is 5.54 Å². The van der Waals surface area contributed by atoms with Crippen LogP contribution in [-0.4, -0.2) is 37.8 Å². The van der Waals surface area contributed by atoms with Gasteiger partial charge < -0.3 is 27.3 Å². The van der Waals surface area contributed by atoms with Crippen LogP contribution < -0.4 is 0 Å². The Bertz CT molecular complexity index is 532. The Morgan fingerprint density at radius 2 is 1.43 bits per heavy atom. The minimum atomic E-state index is -1.64. The fourth-order valence-electron chi connectivity index (χ4n) is 8.38. The van der Waals surface area contributed by atoms with Crippen molar-refractivity contribution in [3.63, 3.8) is 0 Å². The molecule has 4 heteroatoms. The summed E-state index contributed by atoms with van der Waals surface area (Å²) in [5.74, 6) is 4.93. The van der Waals surface area contributed by atoms with Crippen molar-refractivity contribution in [2.24, 2.45) is 29.6 Å². The van der Waals surface area contributed by atoms with Crippen LogP contribution in [-0.2, 0) is 21.7 Å². The smallest absolute Gasteiger partial charge is 0.660 e. The SMILES string of the molecule is CC1CCC2C(C1)[C@H]1C3CCCCC3C([Si](C)(C)[N-]C(C)(C)C)C1N2C.[CH3-].[CH3-].[CH3-].[Ti+4]. The first-order valence-corrected chi connectivity index (χ1v) is 14.6. The van der Waals surface area contributed by atoms with Gasteiger partial charge in [-0.2, -0.15) is 0 Å². The van der Waals surface area contributed by atoms with Crippen LogP contribution in [0.25, 0.3) is 4.98 Å². The summed E-state index contributed by atoms with van der Waals surface area (Å²) >= 11 is 0. The third-order valence-corrected chi connectivity index (χ3v) is 12.3. The largest absolute Gasteiger partial charge is 4.00 e. The minimum Gasteiger partial charge on any atom is -0.660 e. The van der Waals surface area contributed by atoms with E-state index in [4.69, 9.17) is 4.98 Å². The van der Waals surface area contributed by atoms with Crippen LogP contribution in [0.2, 0.25) is 18.6 Å². The summed E-state index contributed by atoms with van der Waals surface area (Å²) in [5, 5.41) is 0. The van der Waals surface area contributed by atoms with Gasteiger partial charge in [-0.05, 0) is 67.9 Å². The first-order valence-electron chi connectivity index (χ1n) is 11.6. The van der Waals surface area contributed by atoms with Gasteiger partial charge >= 0.3 is 21.7 Å². The molecule has 3 aliphatic carbocycles. The van der Waals surface area contributed by atoms with Crippen molar-refractivity contribution in [3.05, 3.63) is 27.3 Å². The number of rotatable bonds is 2. The van der Waals surface area contributed by atoms with E-state index >= 15 is 0 Å². The molecule has 0 N–H and O–H groups in total. The van der Waals surface area contributed by atoms with E-state index in [1.165, 1.54) is 44.9 Å². The van der Waals surface area contributed by atoms with Gasteiger partial charge in [0, 0.05) is 12.1 Å². The molecule has 4 aliphatic rings. The number of hydrogen-bond donors (Lipinski definition) is 0. The second kappa shape index (κ2) is 10.9. The molecule has 0 spiro atoms. The summed E-state index contributed by atoms with van der Waals surface area (Å²) in [6.07, 6.45) is 10.4. The Morgan fingerprint density at radius 1 is 0.867 bits per heavy atom. The Labute approximate surface area is 207 Å². The van der Waals surface area contributed by atoms with Crippen LogP contribution in [0.3, 0.4) is 0 Å². The average molecular weight is 469 g/mol. The maximum absolute atomic E-state index is 5.55. The number of fused-ring (bicyclic) bond motifs is 5. The molecule has 1 aliphatic heterocycles. The van der Waals surface area contributed by atoms with Crippen molar-refractivity contribution in [1.29, 1.82) is 0 Å². The van der Waals surface area contributed by atoms with E-state index < -0.39 is 8.24 Å². The van der Waals surface area contributed by atoms with Gasteiger partial charge in [0.05, 0.1) is 0 Å². The van der Waals surface area contributed by atoms with Crippen molar-refractivity contribution in [3.8, 4) is 0 Å². The molecule has 4 fully saturated rings. The second-order valence-electron chi connectivity index (χ2n) is 12.0. The van der Waals surface area contributed by atoms with E-state index in [-0.39, 0.29) is 49.5 Å². The van der Waals surface area contributed by atoms with Gasteiger partial charge in [0.25, 0.3) is 0 Å². The topological polar surface area (TPSA) is 17.3 Å². The summed E-state index contributed by atoms with van der Waals surface area (Å²) in [6, 6.07) is 1.72. The zero-order chi connectivity index (χ0) is 18.9. The minimum absolute atomic E-state index is 0. The normalized spacial score (nSPS) is 40.5. The molecule has 4 rings (SSSR count). The predicted molar refractivity (Wildman–Crippen MR) is 134 cm³/mol. The van der Waals surface area contributed by atoms with Gasteiger partial charge in [0.15, 0.2) is 0 Å². The summed E-state index contributed by atoms with van der Waals surface area (Å²) in [5.41, 5.74) is 1.01. The van der Waals surface area contributed by atoms with Crippen molar-refractivity contribution in [1.82, 2.24) is 4.90 Å². The number of hydrogen-bond acceptors (Lipinski definition) is 1. The number of likely N-dealkylation sites (tertiary alicyclic amines) is 1. The van der Waals surface area contributed by atoms with Gasteiger partial charge in [-0.1, -0.05) is 68.3 Å². The van der Waals surface area contributed by atoms with Crippen molar-refractivity contribution in [2.45, 2.75) is 109 Å². The van der Waals surface area contributed by atoms with Gasteiger partial charge in [-0.3, -0.25) is 4.90 Å². The molecule has 7 unspecified atom stereocenters. The van der Waals surface area contributed by atoms with E-state index in [9.17, 15) is 0 Å². The predicted octanol–water partition coefficient (Wildman–Crippen LogP) is 7.64. The molecule has 0 aromatic rings. The second-order valence-corrected chi connectivity index (χ2v) is 16.2. The molecule has 1 heterocycles. The van der Waals surface area contributed by atoms with Gasteiger partial charge in [0.2, 0.25) is 0 Å². The maximum Gasteiger partial charge on any atom is 4.00 e. The molecule has 30 heavy (non-hydrogen) atoms. The quantitative estimate of drug-likeness (QED) is 0.301. The molecule has 8 atom stereocenters. The van der Waals surface area contributed by atoms with E-state index in [1.807, 2.05) is 0 Å². The molecule has 3 saturated carbocycles. The standard InChI is InChI=1S/C23H43N2Si.3CH3.Ti/c1-15-12-13-19-18(14-15)20-16-10-8-9-11-17(16)22(21(20)25(19)5)26(6,7)24-23(2,3)4;;;;/h15-22H,8-14H2,1-7H3;3*1H3;/q4*-1;+4/t15?,16?,17?,18?,19?,20-,21?,22?;;;;/m1..../s1. The summed E-state index contributed by atoms with van der Waals surface area (Å²) in [6.45, 7) is 14.7. The van der Waals surface area contributed by atoms with Gasteiger partial charge in [-0.25, -0.2) is 0 Å². The first-order chi connectivity index (χ1) is 12.1. The van der Waals surface area contributed by atoms with Crippen LogP contribution in [0.5, 0.6) is 0 Å². The molecule has 174 valence electrons. The monoisotopic (exact) mass is 468 g/mol. The summed E-state index contributed by atoms with van der Waals surface area (Å²) in [7, 11) is 0.865. The van der Waals surface area contributed by atoms with E-state index in [0.717, 1.165) is 47.2 Å². The molecular weight excluding hydrogens is 416 g/mol. The van der Waals surface area contributed by atoms with E-state index in [1.54, 1.807) is 0 Å². The fourth-order valence-corrected chi connectivity index (χ4v) is 13.0. The Kier molecular flexibility index (Phi) is 11.2. The fraction of sp³-hybridized carbons (Fsp3) is 0.885. The van der Waals surface area contributed by atoms with Crippen LogP contribution >= 0.6 is 0 Å². The van der Waals surface area contributed by atoms with E-state index in [0.29, 0.717) is 0 Å². The maximum atomic E-state index is 5.55. The van der Waals surface area contributed by atoms with Crippen LogP contribution in [0, 0.1) is 51.9 Å². The molecule has 0 aromatic carbocycles. The summed E-state index contributed by atoms with van der Waals surface area (Å²) in [4.78, 5) is 8.47. The van der Waals surface area contributed by atoms with Crippen molar-refractivity contribution in [2.75, 3.05) is 7.05 Å². The number of nitrogens with zero attached hydrogens (tertiary/aromatic N) is 2. The zero-order valence-electron chi connectivity index (χ0n) is 22.0. The molecule has 1 saturated heterocycles. The van der Waals surface area contributed by atoms with Crippen LogP contribution in [0.4, 0.5) is 0 Å². The van der Waals surface area contributed by atoms with E-state index in [2.05, 4.69) is 52.7 Å².